The largest absolute Gasteiger partial charge is 0.316 e. The van der Waals surface area contributed by atoms with Crippen LogP contribution < -0.4 is 5.32 Å². The molecule has 0 aromatic heterocycles. The number of nitrogens with zero attached hydrogens (tertiary/aromatic N) is 1. The SMILES string of the molecule is CCN(CC1CC1)S(=O)(=O)Cc1cccc(CNC)c1. The van der Waals surface area contributed by atoms with Crippen molar-refractivity contribution < 1.29 is 8.42 Å². The van der Waals surface area contributed by atoms with Gasteiger partial charge in [-0.1, -0.05) is 31.2 Å². The first-order chi connectivity index (χ1) is 9.55. The van der Waals surface area contributed by atoms with E-state index in [-0.39, 0.29) is 5.75 Å². The Morgan fingerprint density at radius 1 is 1.30 bits per heavy atom. The Balaban J connectivity index is 2.07. The first kappa shape index (κ1) is 15.5. The van der Waals surface area contributed by atoms with Crippen molar-refractivity contribution in [2.45, 2.75) is 32.1 Å². The molecule has 5 heteroatoms. The van der Waals surface area contributed by atoms with Crippen LogP contribution in [0.2, 0.25) is 0 Å². The first-order valence-electron chi connectivity index (χ1n) is 7.25. The third-order valence-electron chi connectivity index (χ3n) is 3.63. The molecule has 1 N–H and O–H groups in total. The molecule has 2 rings (SSSR count). The second-order valence-corrected chi connectivity index (χ2v) is 7.47. The second-order valence-electron chi connectivity index (χ2n) is 5.50. The predicted octanol–water partition coefficient (Wildman–Crippen LogP) is 1.97. The minimum atomic E-state index is -3.20. The van der Waals surface area contributed by atoms with Crippen LogP contribution in [0.4, 0.5) is 0 Å². The smallest absolute Gasteiger partial charge is 0.218 e. The summed E-state index contributed by atoms with van der Waals surface area (Å²) in [6, 6.07) is 7.80. The molecule has 0 bridgehead atoms. The van der Waals surface area contributed by atoms with Crippen molar-refractivity contribution in [1.29, 1.82) is 0 Å². The average molecular weight is 296 g/mol. The van der Waals surface area contributed by atoms with Crippen molar-refractivity contribution in [1.82, 2.24) is 9.62 Å². The third-order valence-corrected chi connectivity index (χ3v) is 5.52. The molecule has 1 aromatic carbocycles. The maximum atomic E-state index is 12.5. The van der Waals surface area contributed by atoms with Gasteiger partial charge in [-0.25, -0.2) is 12.7 Å². The summed E-state index contributed by atoms with van der Waals surface area (Å²) < 4.78 is 26.6. The first-order valence-corrected chi connectivity index (χ1v) is 8.86. The number of rotatable bonds is 8. The van der Waals surface area contributed by atoms with E-state index in [1.165, 1.54) is 12.8 Å². The minimum Gasteiger partial charge on any atom is -0.316 e. The highest BCUT2D eigenvalue weighted by Crippen LogP contribution is 2.30. The molecule has 0 saturated heterocycles. The summed E-state index contributed by atoms with van der Waals surface area (Å²) in [5.41, 5.74) is 1.98. The van der Waals surface area contributed by atoms with E-state index >= 15 is 0 Å². The zero-order valence-electron chi connectivity index (χ0n) is 12.3. The molecule has 0 radical (unpaired) electrons. The van der Waals surface area contributed by atoms with Crippen LogP contribution in [-0.2, 0) is 22.3 Å². The second kappa shape index (κ2) is 6.70. The number of benzene rings is 1. The molecule has 1 aromatic rings. The maximum Gasteiger partial charge on any atom is 0.218 e. The van der Waals surface area contributed by atoms with Crippen LogP contribution in [-0.4, -0.2) is 32.9 Å². The summed E-state index contributed by atoms with van der Waals surface area (Å²) in [6.07, 6.45) is 2.34. The van der Waals surface area contributed by atoms with E-state index in [4.69, 9.17) is 0 Å². The molecule has 1 fully saturated rings. The molecule has 1 aliphatic rings. The number of sulfonamides is 1. The molecule has 0 spiro atoms. The topological polar surface area (TPSA) is 49.4 Å². The summed E-state index contributed by atoms with van der Waals surface area (Å²) in [5, 5.41) is 3.08. The van der Waals surface area contributed by atoms with Crippen molar-refractivity contribution in [2.24, 2.45) is 5.92 Å². The van der Waals surface area contributed by atoms with E-state index in [1.807, 2.05) is 38.2 Å². The number of hydrogen-bond donors (Lipinski definition) is 1. The summed E-state index contributed by atoms with van der Waals surface area (Å²) in [5.74, 6) is 0.686. The summed E-state index contributed by atoms with van der Waals surface area (Å²) in [6.45, 7) is 3.93. The molecular weight excluding hydrogens is 272 g/mol. The van der Waals surface area contributed by atoms with E-state index < -0.39 is 10.0 Å². The van der Waals surface area contributed by atoms with E-state index in [9.17, 15) is 8.42 Å². The lowest BCUT2D eigenvalue weighted by molar-refractivity contribution is 0.411. The molecular formula is C15H24N2O2S. The number of hydrogen-bond acceptors (Lipinski definition) is 3. The van der Waals surface area contributed by atoms with E-state index in [2.05, 4.69) is 5.32 Å². The van der Waals surface area contributed by atoms with Crippen molar-refractivity contribution >= 4 is 10.0 Å². The van der Waals surface area contributed by atoms with Gasteiger partial charge >= 0.3 is 0 Å². The highest BCUT2D eigenvalue weighted by Gasteiger charge is 2.29. The summed E-state index contributed by atoms with van der Waals surface area (Å²) >= 11 is 0. The Kier molecular flexibility index (Phi) is 5.18. The molecule has 1 saturated carbocycles. The van der Waals surface area contributed by atoms with Crippen molar-refractivity contribution in [3.8, 4) is 0 Å². The summed E-state index contributed by atoms with van der Waals surface area (Å²) in [7, 11) is -1.31. The van der Waals surface area contributed by atoms with Gasteiger partial charge in [0.25, 0.3) is 0 Å². The van der Waals surface area contributed by atoms with Gasteiger partial charge < -0.3 is 5.32 Å². The van der Waals surface area contributed by atoms with Gasteiger partial charge in [-0.2, -0.15) is 0 Å². The van der Waals surface area contributed by atoms with Gasteiger partial charge in [-0.15, -0.1) is 0 Å². The van der Waals surface area contributed by atoms with Gasteiger partial charge in [0.05, 0.1) is 5.75 Å². The predicted molar refractivity (Wildman–Crippen MR) is 81.8 cm³/mol. The molecule has 112 valence electrons. The van der Waals surface area contributed by atoms with Crippen LogP contribution in [0.15, 0.2) is 24.3 Å². The van der Waals surface area contributed by atoms with Crippen LogP contribution >= 0.6 is 0 Å². The van der Waals surface area contributed by atoms with Gasteiger partial charge in [0, 0.05) is 19.6 Å². The van der Waals surface area contributed by atoms with Gasteiger partial charge in [-0.3, -0.25) is 0 Å². The Hall–Kier alpha value is -0.910. The lowest BCUT2D eigenvalue weighted by atomic mass is 10.1. The fourth-order valence-corrected chi connectivity index (χ4v) is 3.98. The molecule has 0 amide bonds. The molecule has 0 unspecified atom stereocenters. The van der Waals surface area contributed by atoms with E-state index in [1.54, 1.807) is 4.31 Å². The highest BCUT2D eigenvalue weighted by atomic mass is 32.2. The maximum absolute atomic E-state index is 12.5. The zero-order chi connectivity index (χ0) is 14.6. The van der Waals surface area contributed by atoms with Gasteiger partial charge in [0.1, 0.15) is 0 Å². The molecule has 0 aliphatic heterocycles. The minimum absolute atomic E-state index is 0.102. The van der Waals surface area contributed by atoms with Crippen molar-refractivity contribution in [3.63, 3.8) is 0 Å². The fraction of sp³-hybridized carbons (Fsp3) is 0.600. The summed E-state index contributed by atoms with van der Waals surface area (Å²) in [4.78, 5) is 0. The molecule has 0 atom stereocenters. The third kappa shape index (κ3) is 4.30. The van der Waals surface area contributed by atoms with Crippen molar-refractivity contribution in [2.75, 3.05) is 20.1 Å². The quantitative estimate of drug-likeness (QED) is 0.798. The Bertz CT molecular complexity index is 539. The normalized spacial score (nSPS) is 15.8. The lowest BCUT2D eigenvalue weighted by Crippen LogP contribution is -2.33. The van der Waals surface area contributed by atoms with Crippen LogP contribution in [0.3, 0.4) is 0 Å². The standard InChI is InChI=1S/C15H24N2O2S/c1-3-17(11-13-7-8-13)20(18,19)12-15-6-4-5-14(9-15)10-16-2/h4-6,9,13,16H,3,7-8,10-12H2,1-2H3. The highest BCUT2D eigenvalue weighted by molar-refractivity contribution is 7.88. The Morgan fingerprint density at radius 3 is 2.60 bits per heavy atom. The van der Waals surface area contributed by atoms with Crippen LogP contribution in [0.5, 0.6) is 0 Å². The van der Waals surface area contributed by atoms with Crippen LogP contribution in [0, 0.1) is 5.92 Å². The number of nitrogens with one attached hydrogen (secondary N) is 1. The monoisotopic (exact) mass is 296 g/mol. The van der Waals surface area contributed by atoms with E-state index in [0.717, 1.165) is 17.7 Å². The Morgan fingerprint density at radius 2 is 2.00 bits per heavy atom. The molecule has 0 heterocycles. The molecule has 1 aliphatic carbocycles. The Labute approximate surface area is 122 Å². The lowest BCUT2D eigenvalue weighted by Gasteiger charge is -2.20. The average Bonchev–Trinajstić information content (AvgIpc) is 3.20. The zero-order valence-corrected chi connectivity index (χ0v) is 13.1. The van der Waals surface area contributed by atoms with Gasteiger partial charge in [0.15, 0.2) is 0 Å². The molecule has 20 heavy (non-hydrogen) atoms. The van der Waals surface area contributed by atoms with E-state index in [0.29, 0.717) is 19.0 Å². The van der Waals surface area contributed by atoms with Crippen LogP contribution in [0.1, 0.15) is 30.9 Å². The fourth-order valence-electron chi connectivity index (χ4n) is 2.36. The van der Waals surface area contributed by atoms with Crippen LogP contribution in [0.25, 0.3) is 0 Å². The van der Waals surface area contributed by atoms with Gasteiger partial charge in [-0.05, 0) is 36.9 Å². The van der Waals surface area contributed by atoms with Gasteiger partial charge in [0.2, 0.25) is 10.0 Å². The molecule has 4 nitrogen and oxygen atoms in total. The van der Waals surface area contributed by atoms with Crippen molar-refractivity contribution in [3.05, 3.63) is 35.4 Å².